The van der Waals surface area contributed by atoms with Gasteiger partial charge in [0.15, 0.2) is 5.78 Å². The first-order chi connectivity index (χ1) is 16.0. The van der Waals surface area contributed by atoms with Crippen molar-refractivity contribution in [3.63, 3.8) is 0 Å². The second kappa shape index (κ2) is 7.35. The average molecular weight is 431 g/mol. The third kappa shape index (κ3) is 3.15. The number of Topliss-reactive ketones (excluding diaryl/α,β-unsaturated/α-hetero) is 1. The molecule has 0 saturated carbocycles. The molecule has 3 nitrogen and oxygen atoms in total. The Kier molecular flexibility index (Phi) is 4.41. The Morgan fingerprint density at radius 2 is 1.45 bits per heavy atom. The molecular formula is C30H26N2O. The number of hydrogen-bond donors (Lipinski definition) is 1. The fraction of sp³-hybridized carbons (Fsp3) is 0.167. The lowest BCUT2D eigenvalue weighted by Crippen LogP contribution is -2.28. The summed E-state index contributed by atoms with van der Waals surface area (Å²) in [5.41, 5.74) is 8.40. The molecule has 0 unspecified atom stereocenters. The zero-order valence-corrected chi connectivity index (χ0v) is 18.9. The molecule has 1 aliphatic rings. The minimum atomic E-state index is -0.0829. The van der Waals surface area contributed by atoms with Crippen LogP contribution in [0.15, 0.2) is 91.1 Å². The number of rotatable bonds is 3. The number of fused-ring (bicyclic) bond motifs is 2. The van der Waals surface area contributed by atoms with E-state index in [-0.39, 0.29) is 11.2 Å². The van der Waals surface area contributed by atoms with Crippen LogP contribution < -0.4 is 0 Å². The number of hydrogen-bond acceptors (Lipinski definition) is 1. The molecule has 0 spiro atoms. The summed E-state index contributed by atoms with van der Waals surface area (Å²) in [6, 6.07) is 29.3. The second-order valence-electron chi connectivity index (χ2n) is 9.77. The molecule has 2 heterocycles. The van der Waals surface area contributed by atoms with Crippen molar-refractivity contribution in [3.05, 3.63) is 102 Å². The van der Waals surface area contributed by atoms with E-state index >= 15 is 0 Å². The monoisotopic (exact) mass is 430 g/mol. The second-order valence-corrected chi connectivity index (χ2v) is 9.77. The zero-order valence-electron chi connectivity index (χ0n) is 18.9. The third-order valence-electron chi connectivity index (χ3n) is 6.75. The topological polar surface area (TPSA) is 37.8 Å². The number of benzene rings is 3. The highest BCUT2D eigenvalue weighted by atomic mass is 16.1. The minimum Gasteiger partial charge on any atom is -0.361 e. The number of aromatic nitrogens is 2. The number of carbonyl (C=O) groups is 1. The summed E-state index contributed by atoms with van der Waals surface area (Å²) in [4.78, 5) is 17.2. The van der Waals surface area contributed by atoms with Gasteiger partial charge < -0.3 is 9.55 Å². The van der Waals surface area contributed by atoms with Gasteiger partial charge in [0.2, 0.25) is 0 Å². The van der Waals surface area contributed by atoms with E-state index in [1.807, 2.05) is 18.2 Å². The van der Waals surface area contributed by atoms with Crippen molar-refractivity contribution in [2.45, 2.75) is 26.7 Å². The van der Waals surface area contributed by atoms with Gasteiger partial charge in [-0.05, 0) is 35.6 Å². The quantitative estimate of drug-likeness (QED) is 0.317. The highest BCUT2D eigenvalue weighted by Gasteiger charge is 2.39. The Balaban J connectivity index is 1.79. The predicted octanol–water partition coefficient (Wildman–Crippen LogP) is 7.45. The normalized spacial score (nSPS) is 15.0. The molecule has 0 aliphatic heterocycles. The van der Waals surface area contributed by atoms with Crippen LogP contribution in [0.3, 0.4) is 0 Å². The van der Waals surface area contributed by atoms with Gasteiger partial charge in [-0.2, -0.15) is 0 Å². The third-order valence-corrected chi connectivity index (χ3v) is 6.75. The smallest absolute Gasteiger partial charge is 0.165 e. The zero-order chi connectivity index (χ0) is 22.6. The van der Waals surface area contributed by atoms with Gasteiger partial charge in [0.25, 0.3) is 0 Å². The highest BCUT2D eigenvalue weighted by Crippen LogP contribution is 2.48. The maximum Gasteiger partial charge on any atom is 0.165 e. The SMILES string of the molecule is CC1(C)CC(=O)c2c(-c3c[nH]c4ccccc34)c(-c3ccccc3)n(-c3ccccc3)c2C1. The summed E-state index contributed by atoms with van der Waals surface area (Å²) in [5, 5.41) is 1.14. The van der Waals surface area contributed by atoms with Crippen molar-refractivity contribution in [2.75, 3.05) is 0 Å². The number of aromatic amines is 1. The lowest BCUT2D eigenvalue weighted by atomic mass is 9.75. The van der Waals surface area contributed by atoms with Gasteiger partial charge in [0.05, 0.1) is 5.69 Å². The number of ketones is 1. The Morgan fingerprint density at radius 1 is 0.788 bits per heavy atom. The number of H-pyrrole nitrogens is 1. The Hall–Kier alpha value is -3.85. The lowest BCUT2D eigenvalue weighted by molar-refractivity contribution is 0.0911. The minimum absolute atomic E-state index is 0.0829. The van der Waals surface area contributed by atoms with Crippen LogP contribution in [0.2, 0.25) is 0 Å². The maximum absolute atomic E-state index is 13.8. The summed E-state index contributed by atoms with van der Waals surface area (Å²) in [5.74, 6) is 0.230. The lowest BCUT2D eigenvalue weighted by Gasteiger charge is -2.30. The van der Waals surface area contributed by atoms with E-state index in [2.05, 4.69) is 96.3 Å². The van der Waals surface area contributed by atoms with E-state index in [9.17, 15) is 4.79 Å². The van der Waals surface area contributed by atoms with Gasteiger partial charge in [0.1, 0.15) is 0 Å². The molecule has 0 radical (unpaired) electrons. The molecule has 0 fully saturated rings. The molecule has 33 heavy (non-hydrogen) atoms. The molecule has 162 valence electrons. The molecule has 1 N–H and O–H groups in total. The standard InChI is InChI=1S/C30H26N2O/c1-30(2)17-25-28(26(33)18-30)27(23-19-31-24-16-10-9-15-22(23)24)29(20-11-5-3-6-12-20)32(25)21-13-7-4-8-14-21/h3-16,19,31H,17-18H2,1-2H3. The van der Waals surface area contributed by atoms with E-state index < -0.39 is 0 Å². The van der Waals surface area contributed by atoms with Crippen LogP contribution in [-0.4, -0.2) is 15.3 Å². The molecule has 0 bridgehead atoms. The number of nitrogens with zero attached hydrogens (tertiary/aromatic N) is 1. The molecule has 0 saturated heterocycles. The Bertz CT molecular complexity index is 1490. The van der Waals surface area contributed by atoms with Crippen molar-refractivity contribution in [1.82, 2.24) is 9.55 Å². The maximum atomic E-state index is 13.8. The van der Waals surface area contributed by atoms with Crippen molar-refractivity contribution in [2.24, 2.45) is 5.41 Å². The van der Waals surface area contributed by atoms with E-state index in [1.165, 1.54) is 0 Å². The number of para-hydroxylation sites is 2. The van der Waals surface area contributed by atoms with Crippen LogP contribution in [0, 0.1) is 5.41 Å². The summed E-state index contributed by atoms with van der Waals surface area (Å²) in [7, 11) is 0. The molecule has 1 aliphatic carbocycles. The molecule has 0 atom stereocenters. The fourth-order valence-electron chi connectivity index (χ4n) is 5.40. The first kappa shape index (κ1) is 19.8. The van der Waals surface area contributed by atoms with Gasteiger partial charge in [-0.25, -0.2) is 0 Å². The molecule has 2 aromatic heterocycles. The molecule has 3 aromatic carbocycles. The van der Waals surface area contributed by atoms with Crippen LogP contribution >= 0.6 is 0 Å². The average Bonchev–Trinajstić information content (AvgIpc) is 3.38. The van der Waals surface area contributed by atoms with Gasteiger partial charge in [-0.1, -0.05) is 80.6 Å². The van der Waals surface area contributed by atoms with Crippen molar-refractivity contribution < 1.29 is 4.79 Å². The van der Waals surface area contributed by atoms with E-state index in [0.717, 1.165) is 56.7 Å². The first-order valence-electron chi connectivity index (χ1n) is 11.5. The van der Waals surface area contributed by atoms with Crippen LogP contribution in [0.1, 0.15) is 36.3 Å². The van der Waals surface area contributed by atoms with Crippen LogP contribution in [0.5, 0.6) is 0 Å². The summed E-state index contributed by atoms with van der Waals surface area (Å²) in [6.07, 6.45) is 3.47. The number of carbonyl (C=O) groups excluding carboxylic acids is 1. The molecule has 0 amide bonds. The predicted molar refractivity (Wildman–Crippen MR) is 135 cm³/mol. The van der Waals surface area contributed by atoms with Gasteiger partial charge in [-0.3, -0.25) is 4.79 Å². The van der Waals surface area contributed by atoms with Crippen LogP contribution in [0.25, 0.3) is 39.0 Å². The summed E-state index contributed by atoms with van der Waals surface area (Å²) < 4.78 is 2.33. The Morgan fingerprint density at radius 3 is 2.21 bits per heavy atom. The van der Waals surface area contributed by atoms with E-state index in [4.69, 9.17) is 0 Å². The van der Waals surface area contributed by atoms with Crippen molar-refractivity contribution in [1.29, 1.82) is 0 Å². The largest absolute Gasteiger partial charge is 0.361 e. The van der Waals surface area contributed by atoms with E-state index in [1.54, 1.807) is 0 Å². The van der Waals surface area contributed by atoms with Crippen molar-refractivity contribution in [3.8, 4) is 28.1 Å². The summed E-state index contributed by atoms with van der Waals surface area (Å²) in [6.45, 7) is 4.40. The fourth-order valence-corrected chi connectivity index (χ4v) is 5.40. The molecule has 6 rings (SSSR count). The van der Waals surface area contributed by atoms with Gasteiger partial charge in [0, 0.05) is 51.6 Å². The summed E-state index contributed by atoms with van der Waals surface area (Å²) >= 11 is 0. The Labute approximate surface area is 193 Å². The molecule has 5 aromatic rings. The van der Waals surface area contributed by atoms with Crippen LogP contribution in [-0.2, 0) is 6.42 Å². The van der Waals surface area contributed by atoms with Gasteiger partial charge in [-0.15, -0.1) is 0 Å². The van der Waals surface area contributed by atoms with E-state index in [0.29, 0.717) is 6.42 Å². The molecule has 3 heteroatoms. The van der Waals surface area contributed by atoms with Gasteiger partial charge >= 0.3 is 0 Å². The number of nitrogens with one attached hydrogen (secondary N) is 1. The first-order valence-corrected chi connectivity index (χ1v) is 11.5. The van der Waals surface area contributed by atoms with Crippen LogP contribution in [0.4, 0.5) is 0 Å². The molecular weight excluding hydrogens is 404 g/mol. The van der Waals surface area contributed by atoms with Crippen molar-refractivity contribution >= 4 is 16.7 Å². The highest BCUT2D eigenvalue weighted by molar-refractivity contribution is 6.12.